The number of carbonyl (C=O) groups is 1. The lowest BCUT2D eigenvalue weighted by atomic mass is 9.77. The van der Waals surface area contributed by atoms with Crippen LogP contribution in [0, 0.1) is 16.7 Å². The average Bonchev–Trinajstić information content (AvgIpc) is 2.08. The van der Waals surface area contributed by atoms with Crippen molar-refractivity contribution in [1.82, 2.24) is 0 Å². The molecule has 0 rings (SSSR count). The summed E-state index contributed by atoms with van der Waals surface area (Å²) in [5.74, 6) is -0.567. The molecule has 2 N–H and O–H groups in total. The molecule has 0 aliphatic heterocycles. The lowest BCUT2D eigenvalue weighted by Crippen LogP contribution is -2.40. The molecule has 0 bridgehead atoms. The zero-order valence-electron chi connectivity index (χ0n) is 11.4. The van der Waals surface area contributed by atoms with Crippen molar-refractivity contribution < 1.29 is 15.0 Å². The highest BCUT2D eigenvalue weighted by Gasteiger charge is 2.35. The van der Waals surface area contributed by atoms with Crippen LogP contribution in [0.1, 0.15) is 48.0 Å². The number of Topliss-reactive ketones (excluding diaryl/α,β-unsaturated/α-hetero) is 1. The number of aliphatic hydroxyl groups excluding tert-OH is 2. The molecule has 2 atom stereocenters. The first-order valence-electron chi connectivity index (χ1n) is 5.82. The molecule has 96 valence electrons. The summed E-state index contributed by atoms with van der Waals surface area (Å²) in [6, 6.07) is 0. The third kappa shape index (κ3) is 5.08. The second kappa shape index (κ2) is 5.28. The van der Waals surface area contributed by atoms with Gasteiger partial charge in [0, 0.05) is 17.9 Å². The molecule has 0 saturated heterocycles. The Morgan fingerprint density at radius 3 is 1.81 bits per heavy atom. The van der Waals surface area contributed by atoms with Crippen LogP contribution in [0.4, 0.5) is 0 Å². The van der Waals surface area contributed by atoms with E-state index in [4.69, 9.17) is 0 Å². The number of aliphatic hydroxyl groups is 2. The van der Waals surface area contributed by atoms with E-state index in [2.05, 4.69) is 0 Å². The van der Waals surface area contributed by atoms with Crippen molar-refractivity contribution in [2.24, 2.45) is 16.7 Å². The molecule has 0 aromatic carbocycles. The van der Waals surface area contributed by atoms with Gasteiger partial charge in [-0.1, -0.05) is 41.5 Å². The van der Waals surface area contributed by atoms with E-state index in [-0.39, 0.29) is 23.7 Å². The van der Waals surface area contributed by atoms with E-state index in [0.29, 0.717) is 6.42 Å². The Labute approximate surface area is 98.9 Å². The molecule has 0 spiro atoms. The Morgan fingerprint density at radius 1 is 1.12 bits per heavy atom. The highest BCUT2D eigenvalue weighted by molar-refractivity contribution is 5.87. The summed E-state index contributed by atoms with van der Waals surface area (Å²) in [7, 11) is 0. The average molecular weight is 230 g/mol. The first kappa shape index (κ1) is 15.6. The van der Waals surface area contributed by atoms with Gasteiger partial charge in [-0.15, -0.1) is 0 Å². The maximum absolute atomic E-state index is 11.9. The van der Waals surface area contributed by atoms with Crippen molar-refractivity contribution in [3.63, 3.8) is 0 Å². The molecular formula is C13H26O3. The fourth-order valence-corrected chi connectivity index (χ4v) is 1.72. The smallest absolute Gasteiger partial charge is 0.166 e. The summed E-state index contributed by atoms with van der Waals surface area (Å²) < 4.78 is 0. The Morgan fingerprint density at radius 2 is 1.56 bits per heavy atom. The van der Waals surface area contributed by atoms with Crippen LogP contribution in [0.3, 0.4) is 0 Å². The summed E-state index contributed by atoms with van der Waals surface area (Å²) in [6.07, 6.45) is -0.434. The van der Waals surface area contributed by atoms with E-state index in [9.17, 15) is 15.0 Å². The third-order valence-electron chi connectivity index (χ3n) is 2.56. The molecule has 0 heterocycles. The van der Waals surface area contributed by atoms with Crippen LogP contribution in [0.5, 0.6) is 0 Å². The van der Waals surface area contributed by atoms with Gasteiger partial charge in [-0.05, 0) is 11.8 Å². The van der Waals surface area contributed by atoms with Crippen molar-refractivity contribution in [2.75, 3.05) is 6.61 Å². The van der Waals surface area contributed by atoms with Gasteiger partial charge in [0.05, 0.1) is 0 Å². The van der Waals surface area contributed by atoms with Gasteiger partial charge >= 0.3 is 0 Å². The van der Waals surface area contributed by atoms with Gasteiger partial charge in [-0.2, -0.15) is 0 Å². The van der Waals surface area contributed by atoms with Crippen molar-refractivity contribution in [3.05, 3.63) is 0 Å². The Hall–Kier alpha value is -0.410. The van der Waals surface area contributed by atoms with Crippen LogP contribution in [0.25, 0.3) is 0 Å². The molecular weight excluding hydrogens is 204 g/mol. The number of rotatable bonds is 4. The fourth-order valence-electron chi connectivity index (χ4n) is 1.72. The maximum atomic E-state index is 11.9. The number of hydrogen-bond donors (Lipinski definition) is 2. The van der Waals surface area contributed by atoms with E-state index in [1.54, 1.807) is 20.8 Å². The molecule has 0 fully saturated rings. The third-order valence-corrected chi connectivity index (χ3v) is 2.56. The van der Waals surface area contributed by atoms with Crippen molar-refractivity contribution >= 4 is 5.78 Å². The van der Waals surface area contributed by atoms with Crippen LogP contribution in [-0.4, -0.2) is 28.7 Å². The van der Waals surface area contributed by atoms with Gasteiger partial charge in [0.1, 0.15) is 6.10 Å². The van der Waals surface area contributed by atoms with Gasteiger partial charge in [0.15, 0.2) is 5.78 Å². The normalized spacial score (nSPS) is 17.0. The highest BCUT2D eigenvalue weighted by atomic mass is 16.3. The Bertz CT molecular complexity index is 233. The minimum absolute atomic E-state index is 0.00740. The molecule has 0 radical (unpaired) electrons. The number of hydrogen-bond acceptors (Lipinski definition) is 3. The maximum Gasteiger partial charge on any atom is 0.166 e. The standard InChI is InChI=1S/C13H26O3/c1-12(2,3)7-9(8-14)10(15)11(16)13(4,5)6/h9-10,14-15H,7-8H2,1-6H3/t9-,10-/m1/s1. The Balaban J connectivity index is 4.67. The van der Waals surface area contributed by atoms with Crippen molar-refractivity contribution in [3.8, 4) is 0 Å². The summed E-state index contributed by atoms with van der Waals surface area (Å²) in [5.41, 5.74) is -0.572. The van der Waals surface area contributed by atoms with Gasteiger partial charge in [-0.3, -0.25) is 4.79 Å². The lowest BCUT2D eigenvalue weighted by Gasteiger charge is -2.30. The van der Waals surface area contributed by atoms with E-state index in [1.165, 1.54) is 0 Å². The van der Waals surface area contributed by atoms with E-state index >= 15 is 0 Å². The van der Waals surface area contributed by atoms with Gasteiger partial charge < -0.3 is 10.2 Å². The summed E-state index contributed by atoms with van der Waals surface area (Å²) in [5, 5.41) is 19.2. The molecule has 0 saturated carbocycles. The highest BCUT2D eigenvalue weighted by Crippen LogP contribution is 2.29. The molecule has 3 heteroatoms. The molecule has 0 aliphatic carbocycles. The monoisotopic (exact) mass is 230 g/mol. The summed E-state index contributed by atoms with van der Waals surface area (Å²) in [4.78, 5) is 11.9. The minimum atomic E-state index is -1.07. The second-order valence-corrected chi connectivity index (χ2v) is 6.77. The molecule has 16 heavy (non-hydrogen) atoms. The van der Waals surface area contributed by atoms with Crippen LogP contribution >= 0.6 is 0 Å². The van der Waals surface area contributed by atoms with Crippen molar-refractivity contribution in [2.45, 2.75) is 54.1 Å². The van der Waals surface area contributed by atoms with Gasteiger partial charge in [0.2, 0.25) is 0 Å². The summed E-state index contributed by atoms with van der Waals surface area (Å²) >= 11 is 0. The molecule has 0 aliphatic rings. The second-order valence-electron chi connectivity index (χ2n) is 6.77. The molecule has 0 amide bonds. The van der Waals surface area contributed by atoms with Crippen LogP contribution < -0.4 is 0 Å². The Kier molecular flexibility index (Phi) is 5.15. The molecule has 0 unspecified atom stereocenters. The van der Waals surface area contributed by atoms with Crippen LogP contribution in [-0.2, 0) is 4.79 Å². The lowest BCUT2D eigenvalue weighted by molar-refractivity contribution is -0.139. The zero-order valence-corrected chi connectivity index (χ0v) is 11.4. The van der Waals surface area contributed by atoms with E-state index in [0.717, 1.165) is 0 Å². The molecule has 0 aromatic heterocycles. The van der Waals surface area contributed by atoms with Crippen LogP contribution in [0.2, 0.25) is 0 Å². The molecule has 0 aromatic rings. The SMILES string of the molecule is CC(C)(C)C[C@H](CO)[C@@H](O)C(=O)C(C)(C)C. The number of ketones is 1. The number of carbonyl (C=O) groups excluding carboxylic acids is 1. The van der Waals surface area contributed by atoms with E-state index in [1.807, 2.05) is 20.8 Å². The largest absolute Gasteiger partial charge is 0.396 e. The fraction of sp³-hybridized carbons (Fsp3) is 0.923. The topological polar surface area (TPSA) is 57.5 Å². The van der Waals surface area contributed by atoms with Crippen molar-refractivity contribution in [1.29, 1.82) is 0 Å². The minimum Gasteiger partial charge on any atom is -0.396 e. The predicted octanol–water partition coefficient (Wildman–Crippen LogP) is 2.01. The van der Waals surface area contributed by atoms with Crippen LogP contribution in [0.15, 0.2) is 0 Å². The predicted molar refractivity (Wildman–Crippen MR) is 65.1 cm³/mol. The first-order valence-corrected chi connectivity index (χ1v) is 5.82. The van der Waals surface area contributed by atoms with Gasteiger partial charge in [0.25, 0.3) is 0 Å². The van der Waals surface area contributed by atoms with Gasteiger partial charge in [-0.25, -0.2) is 0 Å². The van der Waals surface area contributed by atoms with E-state index < -0.39 is 11.5 Å². The first-order chi connectivity index (χ1) is 6.99. The summed E-state index contributed by atoms with van der Waals surface area (Å²) in [6.45, 7) is 11.3. The zero-order chi connectivity index (χ0) is 13.1. The molecule has 3 nitrogen and oxygen atoms in total. The quantitative estimate of drug-likeness (QED) is 0.776.